The Balaban J connectivity index is 2.29. The summed E-state index contributed by atoms with van der Waals surface area (Å²) >= 11 is 0. The van der Waals surface area contributed by atoms with Gasteiger partial charge in [0.2, 0.25) is 5.91 Å². The van der Waals surface area contributed by atoms with Gasteiger partial charge < -0.3 is 10.5 Å². The van der Waals surface area contributed by atoms with Crippen molar-refractivity contribution in [1.29, 1.82) is 0 Å². The SMILES string of the molecule is CC(=O)Oc1ccc(-c2cccc(C(N)=O)c2)cc1. The van der Waals surface area contributed by atoms with Crippen LogP contribution in [-0.4, -0.2) is 11.9 Å². The Morgan fingerprint density at radius 2 is 1.68 bits per heavy atom. The second-order valence-electron chi connectivity index (χ2n) is 4.06. The van der Waals surface area contributed by atoms with Crippen LogP contribution in [0.2, 0.25) is 0 Å². The lowest BCUT2D eigenvalue weighted by Gasteiger charge is -2.05. The minimum Gasteiger partial charge on any atom is -0.427 e. The molecule has 96 valence electrons. The molecular formula is C15H13NO3. The Bertz CT molecular complexity index is 618. The van der Waals surface area contributed by atoms with E-state index >= 15 is 0 Å². The van der Waals surface area contributed by atoms with Gasteiger partial charge in [0.15, 0.2) is 0 Å². The molecule has 4 heteroatoms. The zero-order valence-corrected chi connectivity index (χ0v) is 10.4. The number of amides is 1. The van der Waals surface area contributed by atoms with Crippen molar-refractivity contribution in [3.63, 3.8) is 0 Å². The summed E-state index contributed by atoms with van der Waals surface area (Å²) in [5.74, 6) is -0.329. The molecule has 0 heterocycles. The molecule has 0 aromatic heterocycles. The number of benzene rings is 2. The monoisotopic (exact) mass is 255 g/mol. The third kappa shape index (κ3) is 3.19. The van der Waals surface area contributed by atoms with Gasteiger partial charge in [-0.2, -0.15) is 0 Å². The summed E-state index contributed by atoms with van der Waals surface area (Å²) in [7, 11) is 0. The lowest BCUT2D eigenvalue weighted by molar-refractivity contribution is -0.131. The molecule has 0 unspecified atom stereocenters. The first-order chi connectivity index (χ1) is 9.06. The predicted molar refractivity (Wildman–Crippen MR) is 71.7 cm³/mol. The summed E-state index contributed by atoms with van der Waals surface area (Å²) in [6.45, 7) is 1.35. The van der Waals surface area contributed by atoms with Crippen LogP contribution in [0.5, 0.6) is 5.75 Å². The van der Waals surface area contributed by atoms with Crippen LogP contribution in [0, 0.1) is 0 Å². The average molecular weight is 255 g/mol. The highest BCUT2D eigenvalue weighted by molar-refractivity contribution is 5.94. The first-order valence-corrected chi connectivity index (χ1v) is 5.75. The summed E-state index contributed by atoms with van der Waals surface area (Å²) in [4.78, 5) is 21.9. The van der Waals surface area contributed by atoms with Gasteiger partial charge >= 0.3 is 5.97 Å². The largest absolute Gasteiger partial charge is 0.427 e. The molecule has 0 aliphatic carbocycles. The maximum atomic E-state index is 11.1. The minimum atomic E-state index is -0.460. The molecule has 0 bridgehead atoms. The van der Waals surface area contributed by atoms with Gasteiger partial charge in [-0.1, -0.05) is 24.3 Å². The van der Waals surface area contributed by atoms with E-state index in [1.807, 2.05) is 18.2 Å². The molecule has 4 nitrogen and oxygen atoms in total. The highest BCUT2D eigenvalue weighted by Crippen LogP contribution is 2.23. The molecular weight excluding hydrogens is 242 g/mol. The Hall–Kier alpha value is -2.62. The van der Waals surface area contributed by atoms with E-state index in [2.05, 4.69) is 0 Å². The Labute approximate surface area is 110 Å². The second-order valence-corrected chi connectivity index (χ2v) is 4.06. The molecule has 0 aliphatic rings. The number of carbonyl (C=O) groups excluding carboxylic acids is 2. The van der Waals surface area contributed by atoms with Crippen LogP contribution >= 0.6 is 0 Å². The standard InChI is InChI=1S/C15H13NO3/c1-10(17)19-14-7-5-11(6-8-14)12-3-2-4-13(9-12)15(16)18/h2-9H,1H3,(H2,16,18). The Morgan fingerprint density at radius 3 is 2.26 bits per heavy atom. The maximum absolute atomic E-state index is 11.1. The smallest absolute Gasteiger partial charge is 0.308 e. The number of esters is 1. The van der Waals surface area contributed by atoms with Crippen LogP contribution in [0.4, 0.5) is 0 Å². The van der Waals surface area contributed by atoms with Crippen molar-refractivity contribution in [2.45, 2.75) is 6.92 Å². The maximum Gasteiger partial charge on any atom is 0.308 e. The van der Waals surface area contributed by atoms with E-state index in [9.17, 15) is 9.59 Å². The normalized spacial score (nSPS) is 9.95. The van der Waals surface area contributed by atoms with Crippen molar-refractivity contribution in [1.82, 2.24) is 0 Å². The van der Waals surface area contributed by atoms with E-state index in [1.165, 1.54) is 6.92 Å². The first-order valence-electron chi connectivity index (χ1n) is 5.75. The van der Waals surface area contributed by atoms with Crippen LogP contribution in [0.15, 0.2) is 48.5 Å². The van der Waals surface area contributed by atoms with Crippen molar-refractivity contribution in [3.8, 4) is 16.9 Å². The van der Waals surface area contributed by atoms with E-state index in [4.69, 9.17) is 10.5 Å². The van der Waals surface area contributed by atoms with Gasteiger partial charge in [0.25, 0.3) is 0 Å². The molecule has 0 fully saturated rings. The van der Waals surface area contributed by atoms with E-state index in [1.54, 1.807) is 30.3 Å². The average Bonchev–Trinajstić information content (AvgIpc) is 2.39. The van der Waals surface area contributed by atoms with Gasteiger partial charge in [-0.05, 0) is 35.4 Å². The van der Waals surface area contributed by atoms with Crippen LogP contribution in [0.25, 0.3) is 11.1 Å². The molecule has 0 spiro atoms. The summed E-state index contributed by atoms with van der Waals surface area (Å²) in [5.41, 5.74) is 7.50. The molecule has 0 atom stereocenters. The number of nitrogens with two attached hydrogens (primary N) is 1. The molecule has 2 aromatic rings. The molecule has 19 heavy (non-hydrogen) atoms. The number of ether oxygens (including phenoxy) is 1. The fraction of sp³-hybridized carbons (Fsp3) is 0.0667. The quantitative estimate of drug-likeness (QED) is 0.676. The zero-order chi connectivity index (χ0) is 13.8. The Kier molecular flexibility index (Phi) is 3.61. The molecule has 0 saturated carbocycles. The second kappa shape index (κ2) is 5.35. The zero-order valence-electron chi connectivity index (χ0n) is 10.4. The predicted octanol–water partition coefficient (Wildman–Crippen LogP) is 2.38. The summed E-state index contributed by atoms with van der Waals surface area (Å²) < 4.78 is 4.95. The van der Waals surface area contributed by atoms with Gasteiger partial charge in [-0.25, -0.2) is 0 Å². The van der Waals surface area contributed by atoms with Crippen molar-refractivity contribution in [2.24, 2.45) is 5.73 Å². The van der Waals surface area contributed by atoms with Gasteiger partial charge in [-0.15, -0.1) is 0 Å². The molecule has 2 rings (SSSR count). The highest BCUT2D eigenvalue weighted by atomic mass is 16.5. The third-order valence-electron chi connectivity index (χ3n) is 2.60. The number of rotatable bonds is 3. The number of primary amides is 1. The van der Waals surface area contributed by atoms with Crippen LogP contribution < -0.4 is 10.5 Å². The van der Waals surface area contributed by atoms with Crippen molar-refractivity contribution in [3.05, 3.63) is 54.1 Å². The van der Waals surface area contributed by atoms with E-state index in [0.29, 0.717) is 11.3 Å². The number of hydrogen-bond acceptors (Lipinski definition) is 3. The fourth-order valence-electron chi connectivity index (χ4n) is 1.73. The molecule has 0 saturated heterocycles. The van der Waals surface area contributed by atoms with Gasteiger partial charge in [0, 0.05) is 12.5 Å². The third-order valence-corrected chi connectivity index (χ3v) is 2.60. The molecule has 0 aliphatic heterocycles. The summed E-state index contributed by atoms with van der Waals surface area (Å²) in [6.07, 6.45) is 0. The van der Waals surface area contributed by atoms with Gasteiger partial charge in [0.1, 0.15) is 5.75 Å². The molecule has 2 N–H and O–H groups in total. The van der Waals surface area contributed by atoms with Crippen molar-refractivity contribution >= 4 is 11.9 Å². The van der Waals surface area contributed by atoms with Crippen LogP contribution in [-0.2, 0) is 4.79 Å². The van der Waals surface area contributed by atoms with E-state index in [0.717, 1.165) is 11.1 Å². The topological polar surface area (TPSA) is 69.4 Å². The van der Waals surface area contributed by atoms with Crippen molar-refractivity contribution < 1.29 is 14.3 Å². The van der Waals surface area contributed by atoms with Gasteiger partial charge in [-0.3, -0.25) is 9.59 Å². The van der Waals surface area contributed by atoms with Crippen LogP contribution in [0.3, 0.4) is 0 Å². The lowest BCUT2D eigenvalue weighted by Crippen LogP contribution is -2.10. The molecule has 0 radical (unpaired) electrons. The number of hydrogen-bond donors (Lipinski definition) is 1. The van der Waals surface area contributed by atoms with Crippen molar-refractivity contribution in [2.75, 3.05) is 0 Å². The van der Waals surface area contributed by atoms with E-state index in [-0.39, 0.29) is 5.97 Å². The highest BCUT2D eigenvalue weighted by Gasteiger charge is 2.04. The first kappa shape index (κ1) is 12.8. The van der Waals surface area contributed by atoms with Gasteiger partial charge in [0.05, 0.1) is 0 Å². The minimum absolute atomic E-state index is 0.358. The molecule has 2 aromatic carbocycles. The van der Waals surface area contributed by atoms with E-state index < -0.39 is 5.91 Å². The summed E-state index contributed by atoms with van der Waals surface area (Å²) in [5, 5.41) is 0. The van der Waals surface area contributed by atoms with Crippen LogP contribution in [0.1, 0.15) is 17.3 Å². The molecule has 1 amide bonds. The number of carbonyl (C=O) groups is 2. The Morgan fingerprint density at radius 1 is 1.00 bits per heavy atom. The lowest BCUT2D eigenvalue weighted by atomic mass is 10.0. The summed E-state index contributed by atoms with van der Waals surface area (Å²) in [6, 6.07) is 14.1. The fourth-order valence-corrected chi connectivity index (χ4v) is 1.73.